The largest absolute Gasteiger partial charge is 0.507 e. The average molecular weight is 422 g/mol. The Bertz CT molecular complexity index is 1060. The van der Waals surface area contributed by atoms with Crippen LogP contribution in [0.3, 0.4) is 0 Å². The molecule has 0 spiro atoms. The molecule has 4 rings (SSSR count). The lowest BCUT2D eigenvalue weighted by atomic mass is 9.79. The molecule has 1 aromatic carbocycles. The summed E-state index contributed by atoms with van der Waals surface area (Å²) in [6, 6.07) is 5.80. The van der Waals surface area contributed by atoms with Gasteiger partial charge in [0.25, 0.3) is 0 Å². The summed E-state index contributed by atoms with van der Waals surface area (Å²) in [6.45, 7) is 8.92. The molecule has 2 N–H and O–H groups in total. The van der Waals surface area contributed by atoms with Gasteiger partial charge in [-0.1, -0.05) is 6.07 Å². The SMILES string of the molecule is CN(c1ncc(-c2ccc(-c3cnn(C)c3)cc2O)nn1)C1CC(C)(C)NC(C)(C)C1. The van der Waals surface area contributed by atoms with Crippen molar-refractivity contribution >= 4 is 5.95 Å². The van der Waals surface area contributed by atoms with Gasteiger partial charge in [0.15, 0.2) is 0 Å². The molecule has 0 aliphatic carbocycles. The van der Waals surface area contributed by atoms with E-state index >= 15 is 0 Å². The van der Waals surface area contributed by atoms with E-state index in [2.05, 4.69) is 58.2 Å². The predicted octanol–water partition coefficient (Wildman–Crippen LogP) is 3.39. The van der Waals surface area contributed by atoms with E-state index in [4.69, 9.17) is 0 Å². The molecular weight excluding hydrogens is 390 g/mol. The lowest BCUT2D eigenvalue weighted by Crippen LogP contribution is -2.62. The highest BCUT2D eigenvalue weighted by molar-refractivity contribution is 5.73. The molecule has 3 aromatic rings. The minimum atomic E-state index is 0.0376. The number of phenolic OH excluding ortho intramolecular Hbond substituents is 1. The van der Waals surface area contributed by atoms with Crippen LogP contribution in [-0.2, 0) is 7.05 Å². The van der Waals surface area contributed by atoms with Gasteiger partial charge >= 0.3 is 0 Å². The maximum absolute atomic E-state index is 10.6. The van der Waals surface area contributed by atoms with Gasteiger partial charge in [0.1, 0.15) is 11.4 Å². The van der Waals surface area contributed by atoms with Crippen LogP contribution < -0.4 is 10.2 Å². The van der Waals surface area contributed by atoms with Crippen molar-refractivity contribution in [3.05, 3.63) is 36.8 Å². The van der Waals surface area contributed by atoms with Gasteiger partial charge in [-0.05, 0) is 58.2 Å². The average Bonchev–Trinajstić information content (AvgIpc) is 3.11. The highest BCUT2D eigenvalue weighted by Crippen LogP contribution is 2.34. The van der Waals surface area contributed by atoms with Crippen LogP contribution in [0.5, 0.6) is 5.75 Å². The molecule has 0 atom stereocenters. The molecule has 0 radical (unpaired) electrons. The fourth-order valence-corrected chi connectivity index (χ4v) is 4.76. The van der Waals surface area contributed by atoms with E-state index < -0.39 is 0 Å². The van der Waals surface area contributed by atoms with E-state index in [1.807, 2.05) is 32.4 Å². The first-order valence-corrected chi connectivity index (χ1v) is 10.6. The second-order valence-electron chi connectivity index (χ2n) is 9.84. The summed E-state index contributed by atoms with van der Waals surface area (Å²) < 4.78 is 1.73. The third-order valence-corrected chi connectivity index (χ3v) is 5.89. The fourth-order valence-electron chi connectivity index (χ4n) is 4.76. The summed E-state index contributed by atoms with van der Waals surface area (Å²) in [5.74, 6) is 0.731. The van der Waals surface area contributed by atoms with E-state index in [0.29, 0.717) is 23.2 Å². The maximum Gasteiger partial charge on any atom is 0.245 e. The number of phenols is 1. The van der Waals surface area contributed by atoms with E-state index in [9.17, 15) is 5.11 Å². The van der Waals surface area contributed by atoms with Crippen LogP contribution >= 0.6 is 0 Å². The molecule has 0 unspecified atom stereocenters. The van der Waals surface area contributed by atoms with Crippen molar-refractivity contribution in [2.45, 2.75) is 57.7 Å². The Morgan fingerprint density at radius 1 is 1.06 bits per heavy atom. The highest BCUT2D eigenvalue weighted by Gasteiger charge is 2.39. The number of rotatable bonds is 4. The number of anilines is 1. The number of nitrogens with one attached hydrogen (secondary N) is 1. The quantitative estimate of drug-likeness (QED) is 0.667. The van der Waals surface area contributed by atoms with Crippen LogP contribution in [0.15, 0.2) is 36.8 Å². The first kappa shape index (κ1) is 21.2. The summed E-state index contributed by atoms with van der Waals surface area (Å²) in [6.07, 6.45) is 7.34. The second kappa shape index (κ2) is 7.60. The minimum absolute atomic E-state index is 0.0376. The molecule has 2 aromatic heterocycles. The van der Waals surface area contributed by atoms with E-state index in [-0.39, 0.29) is 16.8 Å². The van der Waals surface area contributed by atoms with Crippen molar-refractivity contribution in [3.8, 4) is 28.1 Å². The Hall–Kier alpha value is -3.00. The Kier molecular flexibility index (Phi) is 5.21. The molecule has 0 amide bonds. The van der Waals surface area contributed by atoms with Crippen LogP contribution in [0.1, 0.15) is 40.5 Å². The molecule has 164 valence electrons. The number of aromatic nitrogens is 5. The number of hydrogen-bond donors (Lipinski definition) is 2. The molecule has 3 heterocycles. The third kappa shape index (κ3) is 4.54. The van der Waals surface area contributed by atoms with Gasteiger partial charge in [-0.25, -0.2) is 4.98 Å². The number of aryl methyl sites for hydroxylation is 1. The summed E-state index contributed by atoms with van der Waals surface area (Å²) >= 11 is 0. The van der Waals surface area contributed by atoms with Gasteiger partial charge in [0, 0.05) is 48.5 Å². The van der Waals surface area contributed by atoms with Crippen molar-refractivity contribution in [3.63, 3.8) is 0 Å². The molecular formula is C23H31N7O. The lowest BCUT2D eigenvalue weighted by Gasteiger charge is -2.48. The molecule has 8 nitrogen and oxygen atoms in total. The zero-order valence-electron chi connectivity index (χ0n) is 19.1. The number of benzene rings is 1. The molecule has 31 heavy (non-hydrogen) atoms. The molecule has 1 fully saturated rings. The molecule has 0 bridgehead atoms. The molecule has 0 saturated carbocycles. The van der Waals surface area contributed by atoms with Gasteiger partial charge in [-0.15, -0.1) is 10.2 Å². The zero-order valence-corrected chi connectivity index (χ0v) is 19.1. The summed E-state index contributed by atoms with van der Waals surface area (Å²) in [5, 5.41) is 27.2. The highest BCUT2D eigenvalue weighted by atomic mass is 16.3. The minimum Gasteiger partial charge on any atom is -0.507 e. The standard InChI is InChI=1S/C23H31N7O/c1-22(2)10-17(11-23(3,4)28-22)30(6)21-24-13-19(26-27-21)18-8-7-15(9-20(18)31)16-12-25-29(5)14-16/h7-9,12-14,17,28,31H,10-11H2,1-6H3. The van der Waals surface area contributed by atoms with Crippen LogP contribution in [0, 0.1) is 0 Å². The summed E-state index contributed by atoms with van der Waals surface area (Å²) in [7, 11) is 3.89. The van der Waals surface area contributed by atoms with Gasteiger partial charge < -0.3 is 15.3 Å². The molecule has 1 aliphatic rings. The molecule has 1 aliphatic heterocycles. The zero-order chi connectivity index (χ0) is 22.4. The number of aromatic hydroxyl groups is 1. The van der Waals surface area contributed by atoms with Gasteiger partial charge in [-0.3, -0.25) is 4.68 Å². The van der Waals surface area contributed by atoms with Crippen molar-refractivity contribution in [2.24, 2.45) is 7.05 Å². The first-order chi connectivity index (χ1) is 14.5. The Balaban J connectivity index is 1.54. The number of piperidine rings is 1. The van der Waals surface area contributed by atoms with E-state index in [0.717, 1.165) is 24.0 Å². The van der Waals surface area contributed by atoms with Gasteiger partial charge in [-0.2, -0.15) is 5.10 Å². The predicted molar refractivity (Wildman–Crippen MR) is 122 cm³/mol. The van der Waals surface area contributed by atoms with E-state index in [1.54, 1.807) is 23.1 Å². The van der Waals surface area contributed by atoms with Crippen LogP contribution in [0.2, 0.25) is 0 Å². The summed E-state index contributed by atoms with van der Waals surface area (Å²) in [4.78, 5) is 6.68. The number of nitrogens with zero attached hydrogens (tertiary/aromatic N) is 6. The normalized spacial score (nSPS) is 18.1. The number of hydrogen-bond acceptors (Lipinski definition) is 7. The monoisotopic (exact) mass is 421 g/mol. The first-order valence-electron chi connectivity index (χ1n) is 10.6. The van der Waals surface area contributed by atoms with Crippen LogP contribution in [-0.4, -0.2) is 54.2 Å². The Morgan fingerprint density at radius 3 is 2.32 bits per heavy atom. The van der Waals surface area contributed by atoms with Crippen molar-refractivity contribution in [1.82, 2.24) is 30.3 Å². The topological polar surface area (TPSA) is 92.0 Å². The Morgan fingerprint density at radius 2 is 1.77 bits per heavy atom. The van der Waals surface area contributed by atoms with Crippen LogP contribution in [0.4, 0.5) is 5.95 Å². The third-order valence-electron chi connectivity index (χ3n) is 5.89. The lowest BCUT2D eigenvalue weighted by molar-refractivity contribution is 0.160. The smallest absolute Gasteiger partial charge is 0.245 e. The van der Waals surface area contributed by atoms with Crippen molar-refractivity contribution in [2.75, 3.05) is 11.9 Å². The summed E-state index contributed by atoms with van der Waals surface area (Å²) in [5.41, 5.74) is 3.05. The fraction of sp³-hybridized carbons (Fsp3) is 0.478. The van der Waals surface area contributed by atoms with Crippen molar-refractivity contribution < 1.29 is 5.11 Å². The Labute approximate surface area is 183 Å². The van der Waals surface area contributed by atoms with Gasteiger partial charge in [0.05, 0.1) is 12.4 Å². The second-order valence-corrected chi connectivity index (χ2v) is 9.84. The van der Waals surface area contributed by atoms with Crippen LogP contribution in [0.25, 0.3) is 22.4 Å². The molecule has 8 heteroatoms. The molecule has 1 saturated heterocycles. The van der Waals surface area contributed by atoms with E-state index in [1.165, 1.54) is 0 Å². The van der Waals surface area contributed by atoms with Gasteiger partial charge in [0.2, 0.25) is 5.95 Å². The van der Waals surface area contributed by atoms with Crippen molar-refractivity contribution in [1.29, 1.82) is 0 Å². The maximum atomic E-state index is 10.6.